The van der Waals surface area contributed by atoms with Crippen LogP contribution in [0.25, 0.3) is 0 Å². The second-order valence-electron chi connectivity index (χ2n) is 6.90. The highest BCUT2D eigenvalue weighted by molar-refractivity contribution is 7.88. The van der Waals surface area contributed by atoms with Gasteiger partial charge in [-0.25, -0.2) is 12.7 Å². The molecule has 0 bridgehead atoms. The van der Waals surface area contributed by atoms with E-state index in [-0.39, 0.29) is 17.9 Å². The number of methoxy groups -OCH3 is 1. The molecule has 25 heavy (non-hydrogen) atoms. The standard InChI is InChI=1S/C18H26N2O4S/c1-24-16-6-3-5-15(13-16)17-7-4-10-20(17)18(21)14-8-11-19(12-9-14)25(2,22)23/h3,5-6,13-14,17H,4,7-12H2,1-2H3. The Labute approximate surface area is 149 Å². The Morgan fingerprint density at radius 1 is 1.16 bits per heavy atom. The van der Waals surface area contributed by atoms with Crippen molar-refractivity contribution < 1.29 is 17.9 Å². The number of rotatable bonds is 4. The molecule has 0 aliphatic carbocycles. The Hall–Kier alpha value is -1.60. The Morgan fingerprint density at radius 3 is 2.52 bits per heavy atom. The molecule has 138 valence electrons. The van der Waals surface area contributed by atoms with Gasteiger partial charge in [-0.15, -0.1) is 0 Å². The van der Waals surface area contributed by atoms with Gasteiger partial charge in [0, 0.05) is 25.6 Å². The molecule has 2 aliphatic rings. The minimum Gasteiger partial charge on any atom is -0.497 e. The van der Waals surface area contributed by atoms with Gasteiger partial charge in [0.25, 0.3) is 0 Å². The van der Waals surface area contributed by atoms with E-state index in [1.54, 1.807) is 7.11 Å². The molecule has 2 fully saturated rings. The van der Waals surface area contributed by atoms with E-state index in [2.05, 4.69) is 0 Å². The van der Waals surface area contributed by atoms with E-state index in [0.717, 1.165) is 30.7 Å². The molecular formula is C18H26N2O4S. The molecule has 3 rings (SSSR count). The number of amides is 1. The average Bonchev–Trinajstić information content (AvgIpc) is 3.10. The van der Waals surface area contributed by atoms with Crippen LogP contribution in [0.15, 0.2) is 24.3 Å². The van der Waals surface area contributed by atoms with Gasteiger partial charge in [-0.1, -0.05) is 12.1 Å². The zero-order valence-electron chi connectivity index (χ0n) is 14.8. The van der Waals surface area contributed by atoms with Crippen molar-refractivity contribution in [1.29, 1.82) is 0 Å². The van der Waals surface area contributed by atoms with Crippen molar-refractivity contribution in [2.45, 2.75) is 31.7 Å². The number of likely N-dealkylation sites (tertiary alicyclic amines) is 1. The maximum Gasteiger partial charge on any atom is 0.226 e. The number of nitrogens with zero attached hydrogens (tertiary/aromatic N) is 2. The Bertz CT molecular complexity index is 726. The summed E-state index contributed by atoms with van der Waals surface area (Å²) < 4.78 is 30.0. The molecule has 1 atom stereocenters. The lowest BCUT2D eigenvalue weighted by Gasteiger charge is -2.34. The molecule has 7 heteroatoms. The first kappa shape index (κ1) is 18.2. The van der Waals surface area contributed by atoms with Gasteiger partial charge in [-0.05, 0) is 43.4 Å². The summed E-state index contributed by atoms with van der Waals surface area (Å²) in [7, 11) is -1.52. The number of carbonyl (C=O) groups is 1. The lowest BCUT2D eigenvalue weighted by Crippen LogP contribution is -2.43. The lowest BCUT2D eigenvalue weighted by molar-refractivity contribution is -0.137. The van der Waals surface area contributed by atoms with Crippen LogP contribution in [0, 0.1) is 5.92 Å². The van der Waals surface area contributed by atoms with Crippen LogP contribution in [0.3, 0.4) is 0 Å². The first-order valence-corrected chi connectivity index (χ1v) is 10.6. The first-order chi connectivity index (χ1) is 11.9. The molecule has 0 saturated carbocycles. The van der Waals surface area contributed by atoms with E-state index in [9.17, 15) is 13.2 Å². The highest BCUT2D eigenvalue weighted by Gasteiger charge is 2.36. The second-order valence-corrected chi connectivity index (χ2v) is 8.89. The van der Waals surface area contributed by atoms with E-state index in [1.165, 1.54) is 10.6 Å². The molecule has 0 radical (unpaired) electrons. The van der Waals surface area contributed by atoms with E-state index in [4.69, 9.17) is 4.74 Å². The van der Waals surface area contributed by atoms with Crippen LogP contribution < -0.4 is 4.74 Å². The van der Waals surface area contributed by atoms with Gasteiger partial charge < -0.3 is 9.64 Å². The Balaban J connectivity index is 1.69. The van der Waals surface area contributed by atoms with Crippen molar-refractivity contribution in [3.8, 4) is 5.75 Å². The number of ether oxygens (including phenoxy) is 1. The molecular weight excluding hydrogens is 340 g/mol. The highest BCUT2D eigenvalue weighted by Crippen LogP contribution is 2.35. The van der Waals surface area contributed by atoms with Gasteiger partial charge in [0.2, 0.25) is 15.9 Å². The summed E-state index contributed by atoms with van der Waals surface area (Å²) in [6, 6.07) is 8.01. The van der Waals surface area contributed by atoms with Gasteiger partial charge in [0.05, 0.1) is 19.4 Å². The molecule has 6 nitrogen and oxygen atoms in total. The summed E-state index contributed by atoms with van der Waals surface area (Å²) in [4.78, 5) is 15.0. The maximum absolute atomic E-state index is 13.0. The van der Waals surface area contributed by atoms with E-state index in [1.807, 2.05) is 29.2 Å². The normalized spacial score (nSPS) is 23.0. The Kier molecular flexibility index (Phi) is 5.34. The van der Waals surface area contributed by atoms with Gasteiger partial charge in [-0.3, -0.25) is 4.79 Å². The molecule has 0 spiro atoms. The van der Waals surface area contributed by atoms with Crippen LogP contribution in [0.4, 0.5) is 0 Å². The quantitative estimate of drug-likeness (QED) is 0.818. The van der Waals surface area contributed by atoms with Crippen LogP contribution in [-0.4, -0.2) is 56.5 Å². The largest absolute Gasteiger partial charge is 0.497 e. The molecule has 1 aromatic carbocycles. The number of hydrogen-bond acceptors (Lipinski definition) is 4. The van der Waals surface area contributed by atoms with E-state index >= 15 is 0 Å². The minimum atomic E-state index is -3.16. The van der Waals surface area contributed by atoms with Gasteiger partial charge in [-0.2, -0.15) is 0 Å². The molecule has 2 saturated heterocycles. The molecule has 2 aliphatic heterocycles. The second kappa shape index (κ2) is 7.33. The molecule has 1 aromatic rings. The average molecular weight is 366 g/mol. The third kappa shape index (κ3) is 3.98. The number of benzene rings is 1. The zero-order chi connectivity index (χ0) is 18.0. The summed E-state index contributed by atoms with van der Waals surface area (Å²) in [5.41, 5.74) is 1.11. The molecule has 1 amide bonds. The van der Waals surface area contributed by atoms with Gasteiger partial charge >= 0.3 is 0 Å². The fourth-order valence-electron chi connectivity index (χ4n) is 3.89. The number of hydrogen-bond donors (Lipinski definition) is 0. The smallest absolute Gasteiger partial charge is 0.226 e. The monoisotopic (exact) mass is 366 g/mol. The Morgan fingerprint density at radius 2 is 1.88 bits per heavy atom. The van der Waals surface area contributed by atoms with Crippen molar-refractivity contribution in [2.24, 2.45) is 5.92 Å². The molecule has 0 N–H and O–H groups in total. The van der Waals surface area contributed by atoms with Gasteiger partial charge in [0.15, 0.2) is 0 Å². The number of piperidine rings is 1. The number of carbonyl (C=O) groups excluding carboxylic acids is 1. The summed E-state index contributed by atoms with van der Waals surface area (Å²) in [6.45, 7) is 1.65. The molecule has 0 aromatic heterocycles. The van der Waals surface area contributed by atoms with Crippen molar-refractivity contribution in [2.75, 3.05) is 33.0 Å². The van der Waals surface area contributed by atoms with Crippen LogP contribution in [0.1, 0.15) is 37.3 Å². The predicted molar refractivity (Wildman–Crippen MR) is 95.8 cm³/mol. The predicted octanol–water partition coefficient (Wildman–Crippen LogP) is 2.03. The topological polar surface area (TPSA) is 66.9 Å². The highest BCUT2D eigenvalue weighted by atomic mass is 32.2. The van der Waals surface area contributed by atoms with Crippen LogP contribution in [-0.2, 0) is 14.8 Å². The van der Waals surface area contributed by atoms with Gasteiger partial charge in [0.1, 0.15) is 5.75 Å². The molecule has 1 unspecified atom stereocenters. The summed E-state index contributed by atoms with van der Waals surface area (Å²) in [6.07, 6.45) is 4.39. The third-order valence-electron chi connectivity index (χ3n) is 5.29. The first-order valence-electron chi connectivity index (χ1n) is 8.79. The lowest BCUT2D eigenvalue weighted by atomic mass is 9.95. The SMILES string of the molecule is COc1cccc(C2CCCN2C(=O)C2CCN(S(C)(=O)=O)CC2)c1. The third-order valence-corrected chi connectivity index (χ3v) is 6.59. The summed E-state index contributed by atoms with van der Waals surface area (Å²) in [5, 5.41) is 0. The van der Waals surface area contributed by atoms with E-state index in [0.29, 0.717) is 25.9 Å². The van der Waals surface area contributed by atoms with E-state index < -0.39 is 10.0 Å². The van der Waals surface area contributed by atoms with Crippen LogP contribution >= 0.6 is 0 Å². The van der Waals surface area contributed by atoms with Crippen molar-refractivity contribution in [3.63, 3.8) is 0 Å². The fourth-order valence-corrected chi connectivity index (χ4v) is 4.77. The van der Waals surface area contributed by atoms with Crippen LogP contribution in [0.2, 0.25) is 0 Å². The zero-order valence-corrected chi connectivity index (χ0v) is 15.7. The summed E-state index contributed by atoms with van der Waals surface area (Å²) >= 11 is 0. The van der Waals surface area contributed by atoms with Crippen molar-refractivity contribution >= 4 is 15.9 Å². The fraction of sp³-hybridized carbons (Fsp3) is 0.611. The van der Waals surface area contributed by atoms with Crippen molar-refractivity contribution in [3.05, 3.63) is 29.8 Å². The van der Waals surface area contributed by atoms with Crippen molar-refractivity contribution in [1.82, 2.24) is 9.21 Å². The molecule has 2 heterocycles. The minimum absolute atomic E-state index is 0.0794. The maximum atomic E-state index is 13.0. The van der Waals surface area contributed by atoms with Crippen LogP contribution in [0.5, 0.6) is 5.75 Å². The number of sulfonamides is 1. The summed E-state index contributed by atoms with van der Waals surface area (Å²) in [5.74, 6) is 0.890.